The van der Waals surface area contributed by atoms with Crippen LogP contribution in [0, 0.1) is 23.0 Å². The highest BCUT2D eigenvalue weighted by Crippen LogP contribution is 2.42. The summed E-state index contributed by atoms with van der Waals surface area (Å²) in [5.74, 6) is -3.78. The van der Waals surface area contributed by atoms with Gasteiger partial charge in [-0.15, -0.1) is 0 Å². The van der Waals surface area contributed by atoms with Crippen LogP contribution in [0.1, 0.15) is 76.8 Å². The Morgan fingerprint density at radius 1 is 0.855 bits per heavy atom. The van der Waals surface area contributed by atoms with Crippen molar-refractivity contribution >= 4 is 61.8 Å². The molecule has 8 heterocycles. The molecule has 3 amide bonds. The van der Waals surface area contributed by atoms with Crippen LogP contribution in [0.25, 0.3) is 22.2 Å². The third kappa shape index (κ3) is 8.51. The van der Waals surface area contributed by atoms with Gasteiger partial charge in [0.25, 0.3) is 5.91 Å². The molecular weight excluding hydrogens is 912 g/mol. The molecule has 5 saturated heterocycles. The Bertz CT molecular complexity index is 3020. The van der Waals surface area contributed by atoms with E-state index < -0.39 is 57.0 Å². The van der Waals surface area contributed by atoms with Crippen molar-refractivity contribution in [2.45, 2.75) is 63.7 Å². The molecule has 3 N–H and O–H groups in total. The zero-order chi connectivity index (χ0) is 47.8. The summed E-state index contributed by atoms with van der Waals surface area (Å²) in [6.07, 6.45) is 6.68. The molecule has 5 fully saturated rings. The number of hydrogen-bond acceptors (Lipinski definition) is 10. The highest BCUT2D eigenvalue weighted by molar-refractivity contribution is 7.90. The second-order valence-corrected chi connectivity index (χ2v) is 21.3. The van der Waals surface area contributed by atoms with E-state index in [1.807, 2.05) is 24.3 Å². The fourth-order valence-corrected chi connectivity index (χ4v) is 12.7. The van der Waals surface area contributed by atoms with Crippen molar-refractivity contribution in [3.05, 3.63) is 107 Å². The van der Waals surface area contributed by atoms with Gasteiger partial charge >= 0.3 is 10.2 Å². The van der Waals surface area contributed by atoms with Crippen LogP contribution in [0.3, 0.4) is 0 Å². The zero-order valence-corrected chi connectivity index (χ0v) is 38.7. The number of H-pyrrole nitrogens is 1. The summed E-state index contributed by atoms with van der Waals surface area (Å²) < 4.78 is 73.3. The number of imide groups is 1. The lowest BCUT2D eigenvalue weighted by Crippen LogP contribution is -2.52. The van der Waals surface area contributed by atoms with Crippen molar-refractivity contribution < 1.29 is 40.8 Å². The van der Waals surface area contributed by atoms with Gasteiger partial charge in [-0.1, -0.05) is 12.1 Å². The fourth-order valence-electron chi connectivity index (χ4n) is 11.5. The molecule has 0 aliphatic carbocycles. The molecule has 3 aromatic carbocycles. The molecule has 6 aliphatic heterocycles. The summed E-state index contributed by atoms with van der Waals surface area (Å²) in [6.45, 7) is 6.94. The molecule has 3 atom stereocenters. The molecule has 2 aromatic heterocycles. The first kappa shape index (κ1) is 45.2. The second-order valence-electron chi connectivity index (χ2n) is 19.7. The van der Waals surface area contributed by atoms with Crippen molar-refractivity contribution in [2.24, 2.45) is 11.3 Å². The number of fused-ring (bicyclic) bond motifs is 2. The predicted molar refractivity (Wildman–Crippen MR) is 253 cm³/mol. The number of anilines is 3. The van der Waals surface area contributed by atoms with Crippen LogP contribution >= 0.6 is 0 Å². The van der Waals surface area contributed by atoms with Crippen LogP contribution in [0.5, 0.6) is 0 Å². The van der Waals surface area contributed by atoms with E-state index in [-0.39, 0.29) is 48.7 Å². The number of carbonyl (C=O) groups excluding carboxylic acids is 4. The number of aromatic amines is 1. The Morgan fingerprint density at radius 3 is 2.41 bits per heavy atom. The fraction of sp³-hybridized carbons (Fsp3) is 0.420. The van der Waals surface area contributed by atoms with Gasteiger partial charge in [-0.25, -0.2) is 18.2 Å². The van der Waals surface area contributed by atoms with Gasteiger partial charge in [-0.05, 0) is 111 Å². The van der Waals surface area contributed by atoms with Gasteiger partial charge in [0.15, 0.2) is 5.82 Å². The summed E-state index contributed by atoms with van der Waals surface area (Å²) >= 11 is 0. The zero-order valence-electron chi connectivity index (χ0n) is 37.9. The van der Waals surface area contributed by atoms with Gasteiger partial charge < -0.3 is 24.6 Å². The van der Waals surface area contributed by atoms with Gasteiger partial charge in [0.05, 0.1) is 11.3 Å². The quantitative estimate of drug-likeness (QED) is 0.105. The molecule has 19 heteroatoms. The lowest BCUT2D eigenvalue weighted by molar-refractivity contribution is -0.136. The van der Waals surface area contributed by atoms with E-state index in [1.54, 1.807) is 17.2 Å². The average molecular weight is 964 g/mol. The van der Waals surface area contributed by atoms with E-state index in [2.05, 4.69) is 52.9 Å². The first-order valence-corrected chi connectivity index (χ1v) is 25.2. The minimum atomic E-state index is -4.36. The van der Waals surface area contributed by atoms with E-state index in [0.29, 0.717) is 41.0 Å². The summed E-state index contributed by atoms with van der Waals surface area (Å²) in [7, 11) is -4.36. The molecule has 0 bridgehead atoms. The third-order valence-corrected chi connectivity index (χ3v) is 16.8. The van der Waals surface area contributed by atoms with Crippen LogP contribution in [0.2, 0.25) is 0 Å². The lowest BCUT2D eigenvalue weighted by atomic mass is 9.86. The number of alkyl halides is 1. The highest BCUT2D eigenvalue weighted by Gasteiger charge is 2.44. The van der Waals surface area contributed by atoms with Crippen LogP contribution in [-0.2, 0) is 26.3 Å². The number of pyridine rings is 1. The summed E-state index contributed by atoms with van der Waals surface area (Å²) in [6, 6.07) is 17.0. The number of carbonyl (C=O) groups is 4. The molecular formula is C50H52F3N9O6S. The Kier molecular flexibility index (Phi) is 11.5. The van der Waals surface area contributed by atoms with Gasteiger partial charge in [-0.3, -0.25) is 29.2 Å². The number of benzene rings is 3. The molecule has 360 valence electrons. The van der Waals surface area contributed by atoms with E-state index in [1.165, 1.54) is 6.20 Å². The molecule has 11 rings (SSSR count). The molecule has 15 nitrogen and oxygen atoms in total. The van der Waals surface area contributed by atoms with E-state index in [4.69, 9.17) is 0 Å². The number of aromatic nitrogens is 2. The van der Waals surface area contributed by atoms with Gasteiger partial charge in [0.2, 0.25) is 17.6 Å². The number of nitrogens with one attached hydrogen (secondary N) is 3. The number of rotatable bonds is 11. The van der Waals surface area contributed by atoms with Crippen molar-refractivity contribution in [1.29, 1.82) is 0 Å². The first-order valence-electron chi connectivity index (χ1n) is 23.7. The topological polar surface area (TPSA) is 171 Å². The van der Waals surface area contributed by atoms with Gasteiger partial charge in [-0.2, -0.15) is 12.7 Å². The molecule has 1 spiro atoms. The maximum atomic E-state index is 15.8. The number of halogens is 3. The van der Waals surface area contributed by atoms with E-state index in [9.17, 15) is 32.0 Å². The van der Waals surface area contributed by atoms with Crippen molar-refractivity contribution in [1.82, 2.24) is 29.4 Å². The number of amides is 3. The van der Waals surface area contributed by atoms with E-state index >= 15 is 8.78 Å². The number of likely N-dealkylation sites (tertiary alicyclic amines) is 1. The Labute approximate surface area is 397 Å². The van der Waals surface area contributed by atoms with Gasteiger partial charge in [0, 0.05) is 117 Å². The average Bonchev–Trinajstić information content (AvgIpc) is 4.20. The minimum Gasteiger partial charge on any atom is -0.372 e. The maximum Gasteiger partial charge on any atom is 0.301 e. The number of piperidine rings is 2. The number of nitrogens with zero attached hydrogens (tertiary/aromatic N) is 6. The van der Waals surface area contributed by atoms with Crippen LogP contribution in [0.4, 0.5) is 30.2 Å². The number of hydrogen-bond donors (Lipinski definition) is 3. The van der Waals surface area contributed by atoms with Gasteiger partial charge in [0.1, 0.15) is 23.7 Å². The SMILES string of the molecule is O=C1CCC(N2Cc3cc(N4CCC(CN5CCC6(CCN(c7ccc(-c8cnc9[nH]cc(C(=O)c%10c(F)ccc(NS(=O)(=O)N%11CC[C@@H](F)C%11)c%10F)c9c8)cc7)C6)C5)CC4)ccc3C2=O)C(=O)N1. The second kappa shape index (κ2) is 17.6. The third-order valence-electron chi connectivity index (χ3n) is 15.3. The highest BCUT2D eigenvalue weighted by atomic mass is 32.2. The molecule has 69 heavy (non-hydrogen) atoms. The first-order chi connectivity index (χ1) is 33.2. The largest absolute Gasteiger partial charge is 0.372 e. The van der Waals surface area contributed by atoms with Crippen LogP contribution in [-0.4, -0.2) is 127 Å². The Morgan fingerprint density at radius 2 is 1.64 bits per heavy atom. The molecule has 0 saturated carbocycles. The monoisotopic (exact) mass is 963 g/mol. The van der Waals surface area contributed by atoms with Crippen LogP contribution in [0.15, 0.2) is 73.1 Å². The molecule has 5 aromatic rings. The van der Waals surface area contributed by atoms with Crippen molar-refractivity contribution in [2.75, 3.05) is 73.4 Å². The standard InChI is InChI=1S/C50H52F3N9O6S/c51-34-13-18-61(27-34)69(67,68)57-41-8-7-40(52)44(45(41)53)46(64)39-24-55-47-38(39)22-32(23-54-47)31-1-3-35(4-2-31)60-20-15-50(29-60)14-19-58(28-50)25-30-11-16-59(17-12-30)36-5-6-37-33(21-36)26-62(49(37)66)42-9-10-43(63)56-48(42)65/h1-8,21-24,30,34,42,57H,9-20,25-29H2,(H,54,55)(H,56,63,65)/t34-,42?,50?/m1/s1. The maximum absolute atomic E-state index is 15.8. The number of ketones is 1. The Balaban J connectivity index is 0.692. The minimum absolute atomic E-state index is 0.00527. The Hall–Kier alpha value is -6.31. The normalized spacial score (nSPS) is 23.8. The van der Waals surface area contributed by atoms with Crippen molar-refractivity contribution in [3.8, 4) is 11.1 Å². The van der Waals surface area contributed by atoms with Crippen molar-refractivity contribution in [3.63, 3.8) is 0 Å². The predicted octanol–water partition coefficient (Wildman–Crippen LogP) is 6.02. The summed E-state index contributed by atoms with van der Waals surface area (Å²) in [5, 5.41) is 2.71. The summed E-state index contributed by atoms with van der Waals surface area (Å²) in [5.41, 5.74) is 4.28. The molecule has 6 aliphatic rings. The van der Waals surface area contributed by atoms with E-state index in [0.717, 1.165) is 110 Å². The lowest BCUT2D eigenvalue weighted by Gasteiger charge is -2.36. The molecule has 2 unspecified atom stereocenters. The molecule has 0 radical (unpaired) electrons. The smallest absolute Gasteiger partial charge is 0.301 e. The summed E-state index contributed by atoms with van der Waals surface area (Å²) in [4.78, 5) is 67.7. The van der Waals surface area contributed by atoms with Crippen LogP contribution < -0.4 is 19.8 Å².